The van der Waals surface area contributed by atoms with E-state index in [1.54, 1.807) is 24.5 Å². The number of nitrogens with zero attached hydrogens (tertiary/aromatic N) is 3. The standard InChI is InChI=1S/C20H27N3.C14H22O2.Ni/c1-19(2,3)15-8-9-16(20(4,5)6)17(14-15)21-13-10-18-22-11-7-12-23-18;1-13(2,3)9-7-8-10(14(4,5)6)12(16)11(9)15;/h7-9,11-14H,10H2,1-6H3;7-8,15-16H,1-6H3;/q;;+2/p-2. The van der Waals surface area contributed by atoms with E-state index >= 15 is 0 Å². The average molecular weight is 588 g/mol. The van der Waals surface area contributed by atoms with Crippen LogP contribution in [0.2, 0.25) is 0 Å². The molecule has 2 aromatic carbocycles. The molecular formula is C34H47N3NiO2. The van der Waals surface area contributed by atoms with Crippen molar-refractivity contribution in [2.75, 3.05) is 0 Å². The van der Waals surface area contributed by atoms with Crippen LogP contribution in [0.25, 0.3) is 0 Å². The largest absolute Gasteiger partial charge is 2.00 e. The van der Waals surface area contributed by atoms with Gasteiger partial charge >= 0.3 is 16.5 Å². The first-order valence-corrected chi connectivity index (χ1v) is 13.7. The summed E-state index contributed by atoms with van der Waals surface area (Å²) in [5.74, 6) is 0.0976. The Hall–Kier alpha value is -2.72. The van der Waals surface area contributed by atoms with Gasteiger partial charge in [-0.2, -0.15) is 0 Å². The molecule has 5 nitrogen and oxygen atoms in total. The minimum Gasteiger partial charge on any atom is -0.873 e. The topological polar surface area (TPSA) is 84.3 Å². The third-order valence-corrected chi connectivity index (χ3v) is 6.52. The third kappa shape index (κ3) is 9.73. The molecule has 40 heavy (non-hydrogen) atoms. The maximum Gasteiger partial charge on any atom is 2.00 e. The number of aromatic nitrogens is 2. The molecule has 0 radical (unpaired) electrons. The number of aliphatic imine (C=N–C) groups is 1. The summed E-state index contributed by atoms with van der Waals surface area (Å²) >= 11 is 0. The van der Waals surface area contributed by atoms with Gasteiger partial charge in [-0.25, -0.2) is 9.97 Å². The zero-order valence-corrected chi connectivity index (χ0v) is 27.4. The van der Waals surface area contributed by atoms with Gasteiger partial charge in [0.25, 0.3) is 0 Å². The van der Waals surface area contributed by atoms with Gasteiger partial charge in [-0.1, -0.05) is 118 Å². The Morgan fingerprint density at radius 3 is 1.48 bits per heavy atom. The Morgan fingerprint density at radius 1 is 0.650 bits per heavy atom. The molecule has 0 bridgehead atoms. The van der Waals surface area contributed by atoms with E-state index in [1.807, 2.05) is 53.8 Å². The Bertz CT molecular complexity index is 1230. The van der Waals surface area contributed by atoms with Crippen LogP contribution in [0.1, 0.15) is 111 Å². The normalized spacial score (nSPS) is 12.5. The maximum atomic E-state index is 12.0. The summed E-state index contributed by atoms with van der Waals surface area (Å²) in [4.78, 5) is 13.2. The van der Waals surface area contributed by atoms with Crippen LogP contribution in [0.4, 0.5) is 5.69 Å². The molecular weight excluding hydrogens is 541 g/mol. The van der Waals surface area contributed by atoms with Gasteiger partial charge in [0.1, 0.15) is 5.82 Å². The molecule has 0 aliphatic heterocycles. The molecule has 0 saturated heterocycles. The zero-order chi connectivity index (χ0) is 29.8. The fourth-order valence-electron chi connectivity index (χ4n) is 4.14. The first-order valence-electron chi connectivity index (χ1n) is 13.7. The average Bonchev–Trinajstić information content (AvgIpc) is 2.79. The van der Waals surface area contributed by atoms with Crippen molar-refractivity contribution in [2.45, 2.75) is 111 Å². The number of rotatable bonds is 3. The molecule has 0 spiro atoms. The van der Waals surface area contributed by atoms with Crippen LogP contribution in [0.15, 0.2) is 53.8 Å². The molecule has 0 fully saturated rings. The minimum atomic E-state index is -0.347. The number of hydrogen-bond acceptors (Lipinski definition) is 5. The van der Waals surface area contributed by atoms with Crippen molar-refractivity contribution in [1.29, 1.82) is 0 Å². The first-order chi connectivity index (χ1) is 17.7. The molecule has 0 saturated carbocycles. The molecule has 0 N–H and O–H groups in total. The Balaban J connectivity index is 0.000000416. The molecule has 6 heteroatoms. The summed E-state index contributed by atoms with van der Waals surface area (Å²) in [7, 11) is 0. The van der Waals surface area contributed by atoms with Gasteiger partial charge in [-0.15, -0.1) is 11.5 Å². The van der Waals surface area contributed by atoms with Crippen molar-refractivity contribution in [3.63, 3.8) is 0 Å². The summed E-state index contributed by atoms with van der Waals surface area (Å²) < 4.78 is 0. The van der Waals surface area contributed by atoms with Gasteiger partial charge in [-0.3, -0.25) is 4.99 Å². The van der Waals surface area contributed by atoms with E-state index in [9.17, 15) is 10.2 Å². The van der Waals surface area contributed by atoms with Crippen LogP contribution in [0, 0.1) is 0 Å². The first kappa shape index (κ1) is 35.3. The smallest absolute Gasteiger partial charge is 0.873 e. The number of hydrogen-bond donors (Lipinski definition) is 0. The van der Waals surface area contributed by atoms with Crippen LogP contribution < -0.4 is 10.2 Å². The zero-order valence-electron chi connectivity index (χ0n) is 26.4. The second-order valence-corrected chi connectivity index (χ2v) is 14.2. The number of benzene rings is 2. The quantitative estimate of drug-likeness (QED) is 0.235. The Labute approximate surface area is 252 Å². The Morgan fingerprint density at radius 2 is 1.07 bits per heavy atom. The molecule has 3 rings (SSSR count). The summed E-state index contributed by atoms with van der Waals surface area (Å²) in [6, 6.07) is 12.1. The van der Waals surface area contributed by atoms with E-state index in [4.69, 9.17) is 4.99 Å². The molecule has 0 amide bonds. The Kier molecular flexibility index (Phi) is 11.7. The van der Waals surface area contributed by atoms with E-state index in [2.05, 4.69) is 69.7 Å². The predicted octanol–water partition coefficient (Wildman–Crippen LogP) is 7.44. The van der Waals surface area contributed by atoms with Gasteiger partial charge in [0, 0.05) is 25.0 Å². The molecule has 0 aliphatic carbocycles. The van der Waals surface area contributed by atoms with Gasteiger partial charge < -0.3 is 10.2 Å². The van der Waals surface area contributed by atoms with Crippen LogP contribution in [0.3, 0.4) is 0 Å². The molecule has 220 valence electrons. The summed E-state index contributed by atoms with van der Waals surface area (Å²) in [5, 5.41) is 23.9. The molecule has 0 aliphatic rings. The predicted molar refractivity (Wildman–Crippen MR) is 160 cm³/mol. The second-order valence-electron chi connectivity index (χ2n) is 14.2. The molecule has 3 aromatic rings. The van der Waals surface area contributed by atoms with E-state index in [-0.39, 0.29) is 49.7 Å². The van der Waals surface area contributed by atoms with E-state index in [0.29, 0.717) is 17.5 Å². The third-order valence-electron chi connectivity index (χ3n) is 6.52. The molecule has 0 unspecified atom stereocenters. The fraction of sp³-hybridized carbons (Fsp3) is 0.500. The van der Waals surface area contributed by atoms with Crippen molar-refractivity contribution < 1.29 is 26.7 Å². The maximum absolute atomic E-state index is 12.0. The van der Waals surface area contributed by atoms with E-state index < -0.39 is 0 Å². The molecule has 0 atom stereocenters. The van der Waals surface area contributed by atoms with Gasteiger partial charge in [0.15, 0.2) is 0 Å². The minimum absolute atomic E-state index is 0. The monoisotopic (exact) mass is 587 g/mol. The summed E-state index contributed by atoms with van der Waals surface area (Å²) in [6.45, 7) is 25.0. The van der Waals surface area contributed by atoms with Crippen molar-refractivity contribution >= 4 is 11.9 Å². The van der Waals surface area contributed by atoms with Gasteiger partial charge in [0.05, 0.1) is 5.69 Å². The molecule has 1 heterocycles. The second kappa shape index (κ2) is 13.3. The fourth-order valence-corrected chi connectivity index (χ4v) is 4.14. The van der Waals surface area contributed by atoms with Crippen LogP contribution >= 0.6 is 0 Å². The van der Waals surface area contributed by atoms with Crippen molar-refractivity contribution in [3.8, 4) is 11.5 Å². The van der Waals surface area contributed by atoms with E-state index in [1.165, 1.54) is 11.1 Å². The molecule has 1 aromatic heterocycles. The summed E-state index contributed by atoms with van der Waals surface area (Å²) in [6.07, 6.45) is 6.07. The van der Waals surface area contributed by atoms with Crippen molar-refractivity contribution in [1.82, 2.24) is 9.97 Å². The summed E-state index contributed by atoms with van der Waals surface area (Å²) in [5.41, 5.74) is 4.44. The van der Waals surface area contributed by atoms with Gasteiger partial charge in [0.2, 0.25) is 0 Å². The van der Waals surface area contributed by atoms with Crippen molar-refractivity contribution in [2.24, 2.45) is 4.99 Å². The van der Waals surface area contributed by atoms with Crippen molar-refractivity contribution in [3.05, 3.63) is 76.9 Å². The van der Waals surface area contributed by atoms with Gasteiger partial charge in [-0.05, 0) is 44.9 Å². The van der Waals surface area contributed by atoms with Crippen LogP contribution in [-0.4, -0.2) is 16.2 Å². The SMILES string of the molecule is CC(C)(C)c1ccc(C(C)(C)C)c(N=CCc2ncccn2)c1.CC(C)(C)c1ccc(C(C)(C)C)c([O-])c1[O-].[Ni+2]. The van der Waals surface area contributed by atoms with Crippen LogP contribution in [-0.2, 0) is 44.6 Å². The van der Waals surface area contributed by atoms with E-state index in [0.717, 1.165) is 11.5 Å². The van der Waals surface area contributed by atoms with Crippen LogP contribution in [0.5, 0.6) is 11.5 Å².